The minimum Gasteiger partial charge on any atom is -0.342 e. The summed E-state index contributed by atoms with van der Waals surface area (Å²) in [5.74, 6) is 0. The van der Waals surface area contributed by atoms with E-state index >= 15 is 0 Å². The molecular formula is C21H21ClN4. The van der Waals surface area contributed by atoms with Gasteiger partial charge in [-0.05, 0) is 55.8 Å². The van der Waals surface area contributed by atoms with E-state index in [2.05, 4.69) is 22.0 Å². The van der Waals surface area contributed by atoms with Crippen molar-refractivity contribution in [2.45, 2.75) is 25.8 Å². The van der Waals surface area contributed by atoms with Gasteiger partial charge in [-0.1, -0.05) is 18.0 Å². The van der Waals surface area contributed by atoms with E-state index in [1.165, 1.54) is 24.8 Å². The molecule has 0 atom stereocenters. The first-order valence-electron chi connectivity index (χ1n) is 9.02. The van der Waals surface area contributed by atoms with Gasteiger partial charge in [0, 0.05) is 42.0 Å². The Bertz CT molecular complexity index is 993. The molecule has 4 nitrogen and oxygen atoms in total. The predicted molar refractivity (Wildman–Crippen MR) is 105 cm³/mol. The van der Waals surface area contributed by atoms with Crippen molar-refractivity contribution in [1.29, 1.82) is 5.26 Å². The number of piperidine rings is 1. The molecule has 1 aliphatic rings. The van der Waals surface area contributed by atoms with Crippen LogP contribution in [0.4, 0.5) is 0 Å². The Hall–Kier alpha value is -2.35. The van der Waals surface area contributed by atoms with E-state index in [9.17, 15) is 5.26 Å². The molecule has 2 aromatic heterocycles. The van der Waals surface area contributed by atoms with Gasteiger partial charge in [-0.2, -0.15) is 5.26 Å². The Morgan fingerprint density at radius 3 is 2.73 bits per heavy atom. The minimum absolute atomic E-state index is 0.672. The first kappa shape index (κ1) is 17.1. The van der Waals surface area contributed by atoms with Crippen molar-refractivity contribution in [3.63, 3.8) is 0 Å². The molecule has 0 bridgehead atoms. The number of aryl methyl sites for hydroxylation is 1. The van der Waals surface area contributed by atoms with Gasteiger partial charge in [-0.3, -0.25) is 9.88 Å². The molecule has 0 amide bonds. The smallest absolute Gasteiger partial charge is 0.102 e. The quantitative estimate of drug-likeness (QED) is 0.673. The van der Waals surface area contributed by atoms with Crippen LogP contribution in [-0.2, 0) is 13.6 Å². The van der Waals surface area contributed by atoms with E-state index in [1.54, 1.807) is 0 Å². The highest BCUT2D eigenvalue weighted by Gasteiger charge is 2.18. The number of halogens is 1. The Labute approximate surface area is 158 Å². The summed E-state index contributed by atoms with van der Waals surface area (Å²) < 4.78 is 2.04. The summed E-state index contributed by atoms with van der Waals surface area (Å²) >= 11 is 6.16. The molecule has 3 heterocycles. The van der Waals surface area contributed by atoms with E-state index in [-0.39, 0.29) is 0 Å². The van der Waals surface area contributed by atoms with Gasteiger partial charge in [0.05, 0.1) is 16.8 Å². The van der Waals surface area contributed by atoms with Crippen molar-refractivity contribution in [2.24, 2.45) is 7.05 Å². The highest BCUT2D eigenvalue weighted by molar-refractivity contribution is 6.31. The van der Waals surface area contributed by atoms with Gasteiger partial charge in [-0.15, -0.1) is 0 Å². The van der Waals surface area contributed by atoms with Crippen molar-refractivity contribution >= 4 is 22.5 Å². The van der Waals surface area contributed by atoms with Gasteiger partial charge in [0.2, 0.25) is 0 Å². The predicted octanol–water partition coefficient (Wildman–Crippen LogP) is 4.75. The lowest BCUT2D eigenvalue weighted by Gasteiger charge is -2.26. The van der Waals surface area contributed by atoms with Crippen LogP contribution in [0.1, 0.15) is 30.4 Å². The van der Waals surface area contributed by atoms with E-state index < -0.39 is 0 Å². The third kappa shape index (κ3) is 3.09. The second kappa shape index (κ2) is 7.11. The number of hydrogen-bond acceptors (Lipinski definition) is 3. The van der Waals surface area contributed by atoms with Crippen LogP contribution in [-0.4, -0.2) is 27.5 Å². The third-order valence-electron chi connectivity index (χ3n) is 5.20. The largest absolute Gasteiger partial charge is 0.342 e. The molecule has 26 heavy (non-hydrogen) atoms. The first-order valence-corrected chi connectivity index (χ1v) is 9.40. The maximum Gasteiger partial charge on any atom is 0.102 e. The molecule has 0 unspecified atom stereocenters. The van der Waals surface area contributed by atoms with Crippen molar-refractivity contribution in [1.82, 2.24) is 14.5 Å². The zero-order valence-corrected chi connectivity index (χ0v) is 15.6. The number of benzene rings is 1. The van der Waals surface area contributed by atoms with Crippen LogP contribution in [0.3, 0.4) is 0 Å². The number of pyridine rings is 1. The summed E-state index contributed by atoms with van der Waals surface area (Å²) in [6.45, 7) is 3.22. The third-order valence-corrected chi connectivity index (χ3v) is 5.43. The van der Waals surface area contributed by atoms with Crippen molar-refractivity contribution in [2.75, 3.05) is 13.1 Å². The van der Waals surface area contributed by atoms with Crippen molar-refractivity contribution in [3.05, 3.63) is 52.8 Å². The van der Waals surface area contributed by atoms with Crippen LogP contribution in [0.25, 0.3) is 22.2 Å². The van der Waals surface area contributed by atoms with Gasteiger partial charge in [0.1, 0.15) is 6.07 Å². The maximum atomic E-state index is 9.77. The lowest BCUT2D eigenvalue weighted by Crippen LogP contribution is -2.29. The van der Waals surface area contributed by atoms with E-state index in [1.807, 2.05) is 42.2 Å². The zero-order chi connectivity index (χ0) is 18.1. The average molecular weight is 365 g/mol. The molecule has 132 valence electrons. The fraction of sp³-hybridized carbons (Fsp3) is 0.333. The van der Waals surface area contributed by atoms with Crippen LogP contribution in [0.15, 0.2) is 36.7 Å². The molecule has 3 aromatic rings. The Morgan fingerprint density at radius 2 is 1.96 bits per heavy atom. The Balaban J connectivity index is 1.77. The molecule has 0 N–H and O–H groups in total. The van der Waals surface area contributed by atoms with Crippen LogP contribution >= 0.6 is 11.6 Å². The summed E-state index contributed by atoms with van der Waals surface area (Å²) in [5, 5.41) is 11.4. The zero-order valence-electron chi connectivity index (χ0n) is 14.9. The summed E-state index contributed by atoms with van der Waals surface area (Å²) in [5.41, 5.74) is 4.71. The number of fused-ring (bicyclic) bond motifs is 1. The number of nitrogens with zero attached hydrogens (tertiary/aromatic N) is 4. The highest BCUT2D eigenvalue weighted by Crippen LogP contribution is 2.34. The molecule has 0 spiro atoms. The fourth-order valence-electron chi connectivity index (χ4n) is 3.94. The summed E-state index contributed by atoms with van der Waals surface area (Å²) in [6, 6.07) is 10.2. The van der Waals surface area contributed by atoms with Gasteiger partial charge in [0.25, 0.3) is 0 Å². The molecule has 4 rings (SSSR count). The SMILES string of the molecule is Cn1c(-c2cncc(CN3CCCCC3)c2)c(C#N)c2ccc(Cl)cc21. The number of hydrogen-bond donors (Lipinski definition) is 0. The molecule has 1 saturated heterocycles. The number of likely N-dealkylation sites (tertiary alicyclic amines) is 1. The molecule has 1 aromatic carbocycles. The molecule has 0 saturated carbocycles. The van der Waals surface area contributed by atoms with Gasteiger partial charge in [-0.25, -0.2) is 0 Å². The van der Waals surface area contributed by atoms with Gasteiger partial charge in [0.15, 0.2) is 0 Å². The first-order chi connectivity index (χ1) is 12.7. The normalized spacial score (nSPS) is 15.3. The van der Waals surface area contributed by atoms with Crippen LogP contribution in [0.5, 0.6) is 0 Å². The van der Waals surface area contributed by atoms with E-state index in [4.69, 9.17) is 11.6 Å². The van der Waals surface area contributed by atoms with Crippen molar-refractivity contribution < 1.29 is 0 Å². The minimum atomic E-state index is 0.672. The molecule has 1 aliphatic heterocycles. The summed E-state index contributed by atoms with van der Waals surface area (Å²) in [4.78, 5) is 6.94. The Kier molecular flexibility index (Phi) is 4.67. The molecule has 5 heteroatoms. The Morgan fingerprint density at radius 1 is 1.15 bits per heavy atom. The van der Waals surface area contributed by atoms with Crippen LogP contribution < -0.4 is 0 Å². The lowest BCUT2D eigenvalue weighted by molar-refractivity contribution is 0.220. The van der Waals surface area contributed by atoms with E-state index in [0.29, 0.717) is 10.6 Å². The van der Waals surface area contributed by atoms with Crippen LogP contribution in [0.2, 0.25) is 5.02 Å². The molecule has 0 aliphatic carbocycles. The summed E-state index contributed by atoms with van der Waals surface area (Å²) in [6.07, 6.45) is 7.66. The molecule has 0 radical (unpaired) electrons. The topological polar surface area (TPSA) is 44.9 Å². The maximum absolute atomic E-state index is 9.77. The van der Waals surface area contributed by atoms with Crippen LogP contribution in [0, 0.1) is 11.3 Å². The second-order valence-electron chi connectivity index (χ2n) is 6.97. The van der Waals surface area contributed by atoms with E-state index in [0.717, 1.165) is 41.8 Å². The monoisotopic (exact) mass is 364 g/mol. The standard InChI is InChI=1S/C21H21ClN4/c1-25-20-10-17(22)5-6-18(20)19(11-23)21(25)16-9-15(12-24-13-16)14-26-7-3-2-4-8-26/h5-6,9-10,12-13H,2-4,7-8,14H2,1H3. The lowest BCUT2D eigenvalue weighted by atomic mass is 10.1. The van der Waals surface area contributed by atoms with Gasteiger partial charge < -0.3 is 4.57 Å². The fourth-order valence-corrected chi connectivity index (χ4v) is 4.11. The van der Waals surface area contributed by atoms with Crippen molar-refractivity contribution in [3.8, 4) is 17.3 Å². The molecular weight excluding hydrogens is 344 g/mol. The number of rotatable bonds is 3. The number of nitriles is 1. The second-order valence-corrected chi connectivity index (χ2v) is 7.41. The summed E-state index contributed by atoms with van der Waals surface area (Å²) in [7, 11) is 1.98. The molecule has 1 fully saturated rings. The average Bonchev–Trinajstić information content (AvgIpc) is 2.94. The number of aromatic nitrogens is 2. The van der Waals surface area contributed by atoms with Gasteiger partial charge >= 0.3 is 0 Å². The highest BCUT2D eigenvalue weighted by atomic mass is 35.5.